The molecule has 0 aromatic rings. The summed E-state index contributed by atoms with van der Waals surface area (Å²) in [4.78, 5) is 50.0. The van der Waals surface area contributed by atoms with Gasteiger partial charge in [-0.2, -0.15) is 17.7 Å². The number of carboxylic acid groups (broad SMARTS) is 3. The van der Waals surface area contributed by atoms with Gasteiger partial charge in [-0.15, -0.1) is 0 Å². The largest absolute Gasteiger partial charge is 0.481 e. The summed E-state index contributed by atoms with van der Waals surface area (Å²) in [6, 6.07) is 0. The first-order valence-electron chi connectivity index (χ1n) is 8.49. The van der Waals surface area contributed by atoms with E-state index in [1.54, 1.807) is 0 Å². The van der Waals surface area contributed by atoms with E-state index in [0.717, 1.165) is 0 Å². The van der Waals surface area contributed by atoms with Gasteiger partial charge >= 0.3 is 23.9 Å². The fourth-order valence-electron chi connectivity index (χ4n) is 4.00. The Morgan fingerprint density at radius 3 is 1.58 bits per heavy atom. The predicted octanol–water partition coefficient (Wildman–Crippen LogP) is 0.960. The van der Waals surface area contributed by atoms with Crippen LogP contribution in [0.2, 0.25) is 0 Å². The number of carbonyl (C=O) groups is 4. The summed E-state index contributed by atoms with van der Waals surface area (Å²) in [6.07, 6.45) is 2.33. The van der Waals surface area contributed by atoms with Gasteiger partial charge in [-0.1, -0.05) is 0 Å². The number of hydrogen-bond acceptors (Lipinski definition) is 7. The number of carbonyl (C=O) groups excluding carboxylic acids is 1. The van der Waals surface area contributed by atoms with Crippen LogP contribution in [0.3, 0.4) is 0 Å². The summed E-state index contributed by atoms with van der Waals surface area (Å²) in [7, 11) is 0. The fraction of sp³-hybridized carbons (Fsp3) is 0.750. The molecular formula is C16H23NO8S. The molecule has 0 amide bonds. The highest BCUT2D eigenvalue weighted by atomic mass is 32.2. The van der Waals surface area contributed by atoms with Gasteiger partial charge in [0.2, 0.25) is 0 Å². The molecule has 0 aromatic heterocycles. The molecule has 10 heteroatoms. The van der Waals surface area contributed by atoms with Crippen LogP contribution in [0, 0.1) is 23.7 Å². The van der Waals surface area contributed by atoms with Crippen LogP contribution in [0.25, 0.3) is 0 Å². The summed E-state index contributed by atoms with van der Waals surface area (Å²) < 4.78 is 0. The Hall–Kier alpha value is -1.81. The Morgan fingerprint density at radius 1 is 0.731 bits per heavy atom. The predicted molar refractivity (Wildman–Crippen MR) is 90.0 cm³/mol. The van der Waals surface area contributed by atoms with Crippen molar-refractivity contribution in [1.29, 1.82) is 0 Å². The Kier molecular flexibility index (Phi) is 6.87. The van der Waals surface area contributed by atoms with Gasteiger partial charge in [0.25, 0.3) is 0 Å². The minimum absolute atomic E-state index is 0.0180. The van der Waals surface area contributed by atoms with E-state index >= 15 is 0 Å². The molecule has 2 fully saturated rings. The first kappa shape index (κ1) is 20.5. The average molecular weight is 389 g/mol. The van der Waals surface area contributed by atoms with E-state index in [4.69, 9.17) is 5.90 Å². The Bertz CT molecular complexity index is 583. The number of hydrogen-bond donors (Lipinski definition) is 4. The molecule has 6 atom stereocenters. The van der Waals surface area contributed by atoms with Gasteiger partial charge in [-0.05, 0) is 38.5 Å². The van der Waals surface area contributed by atoms with Gasteiger partial charge in [0.1, 0.15) is 0 Å². The molecule has 5 N–H and O–H groups in total. The van der Waals surface area contributed by atoms with Crippen molar-refractivity contribution in [3.8, 4) is 0 Å². The minimum atomic E-state index is -1.11. The van der Waals surface area contributed by atoms with Crippen LogP contribution in [0.1, 0.15) is 38.5 Å². The monoisotopic (exact) mass is 389 g/mol. The number of thioether (sulfide) groups is 1. The molecule has 9 nitrogen and oxygen atoms in total. The Morgan fingerprint density at radius 2 is 1.15 bits per heavy atom. The van der Waals surface area contributed by atoms with Gasteiger partial charge in [-0.3, -0.25) is 19.2 Å². The third-order valence-electron chi connectivity index (χ3n) is 5.36. The highest BCUT2D eigenvalue weighted by Crippen LogP contribution is 2.43. The molecule has 146 valence electrons. The molecule has 0 radical (unpaired) electrons. The second-order valence-corrected chi connectivity index (χ2v) is 8.49. The molecule has 0 aromatic carbocycles. The maximum Gasteiger partial charge on any atom is 0.328 e. The molecular weight excluding hydrogens is 366 g/mol. The highest BCUT2D eigenvalue weighted by molar-refractivity contribution is 8.00. The first-order valence-corrected chi connectivity index (χ1v) is 9.43. The van der Waals surface area contributed by atoms with E-state index in [-0.39, 0.29) is 16.9 Å². The summed E-state index contributed by atoms with van der Waals surface area (Å²) in [5.74, 6) is -2.56. The van der Waals surface area contributed by atoms with Crippen molar-refractivity contribution in [2.45, 2.75) is 49.0 Å². The van der Waals surface area contributed by atoms with Crippen molar-refractivity contribution >= 4 is 35.6 Å². The zero-order valence-corrected chi connectivity index (χ0v) is 14.9. The first-order chi connectivity index (χ1) is 12.2. The van der Waals surface area contributed by atoms with E-state index in [1.165, 1.54) is 11.8 Å². The lowest BCUT2D eigenvalue weighted by atomic mass is 9.78. The summed E-state index contributed by atoms with van der Waals surface area (Å²) >= 11 is 1.52. The minimum Gasteiger partial charge on any atom is -0.481 e. The van der Waals surface area contributed by atoms with Crippen LogP contribution in [0.15, 0.2) is 0 Å². The quantitative estimate of drug-likeness (QED) is 0.481. The third kappa shape index (κ3) is 4.67. The van der Waals surface area contributed by atoms with E-state index in [2.05, 4.69) is 4.84 Å². The normalized spacial score (nSPS) is 34.7. The molecule has 2 aliphatic rings. The zero-order valence-electron chi connectivity index (χ0n) is 14.1. The molecule has 6 unspecified atom stereocenters. The third-order valence-corrected chi connectivity index (χ3v) is 6.99. The Balaban J connectivity index is 2.00. The van der Waals surface area contributed by atoms with Crippen molar-refractivity contribution < 1.29 is 39.3 Å². The van der Waals surface area contributed by atoms with Crippen molar-refractivity contribution in [2.75, 3.05) is 0 Å². The molecule has 26 heavy (non-hydrogen) atoms. The number of carboxylic acids is 3. The van der Waals surface area contributed by atoms with E-state index < -0.39 is 47.5 Å². The van der Waals surface area contributed by atoms with Crippen LogP contribution >= 0.6 is 11.8 Å². The van der Waals surface area contributed by atoms with Crippen molar-refractivity contribution in [3.63, 3.8) is 0 Å². The van der Waals surface area contributed by atoms with E-state index in [1.807, 2.05) is 0 Å². The van der Waals surface area contributed by atoms with Crippen molar-refractivity contribution in [2.24, 2.45) is 29.6 Å². The SMILES string of the molecule is NOC(=O)C1CC(SC2CCC(C(=O)O)C(C(=O)O)C2)CCC1C(=O)O. The van der Waals surface area contributed by atoms with Crippen molar-refractivity contribution in [1.82, 2.24) is 0 Å². The maximum absolute atomic E-state index is 11.8. The fourth-order valence-corrected chi connectivity index (χ4v) is 5.72. The van der Waals surface area contributed by atoms with Crippen molar-refractivity contribution in [3.05, 3.63) is 0 Å². The summed E-state index contributed by atoms with van der Waals surface area (Å²) in [5, 5.41) is 27.7. The molecule has 0 bridgehead atoms. The van der Waals surface area contributed by atoms with Crippen LogP contribution in [-0.2, 0) is 24.0 Å². The smallest absolute Gasteiger partial charge is 0.328 e. The topological polar surface area (TPSA) is 164 Å². The lowest BCUT2D eigenvalue weighted by Gasteiger charge is -2.36. The van der Waals surface area contributed by atoms with Crippen LogP contribution in [0.5, 0.6) is 0 Å². The summed E-state index contributed by atoms with van der Waals surface area (Å²) in [6.45, 7) is 0. The zero-order chi connectivity index (χ0) is 19.4. The molecule has 2 aliphatic carbocycles. The second-order valence-electron chi connectivity index (χ2n) is 6.88. The van der Waals surface area contributed by atoms with E-state index in [9.17, 15) is 34.5 Å². The lowest BCUT2D eigenvalue weighted by Crippen LogP contribution is -2.40. The lowest BCUT2D eigenvalue weighted by molar-refractivity contribution is -0.159. The number of aliphatic carboxylic acids is 3. The molecule has 2 saturated carbocycles. The summed E-state index contributed by atoms with van der Waals surface area (Å²) in [5.41, 5.74) is 0. The molecule has 0 heterocycles. The maximum atomic E-state index is 11.8. The van der Waals surface area contributed by atoms with Gasteiger partial charge in [0.05, 0.1) is 23.7 Å². The van der Waals surface area contributed by atoms with Gasteiger partial charge < -0.3 is 20.2 Å². The second kappa shape index (κ2) is 8.72. The number of rotatable bonds is 6. The van der Waals surface area contributed by atoms with Gasteiger partial charge in [-0.25, -0.2) is 0 Å². The highest BCUT2D eigenvalue weighted by Gasteiger charge is 2.43. The van der Waals surface area contributed by atoms with Crippen LogP contribution in [0.4, 0.5) is 0 Å². The standard InChI is InChI=1S/C16H23NO8S/c17-25-16(24)12-6-8(2-4-10(12)14(20)21)26-7-1-3-9(13(18)19)11(5-7)15(22)23/h7-12H,1-6,17H2,(H,18,19)(H,20,21)(H,22,23). The molecule has 0 saturated heterocycles. The Labute approximate surface area is 154 Å². The van der Waals surface area contributed by atoms with Gasteiger partial charge in [0.15, 0.2) is 0 Å². The molecule has 0 spiro atoms. The van der Waals surface area contributed by atoms with E-state index in [0.29, 0.717) is 32.1 Å². The average Bonchev–Trinajstić information content (AvgIpc) is 2.60. The van der Waals surface area contributed by atoms with Crippen LogP contribution < -0.4 is 5.90 Å². The van der Waals surface area contributed by atoms with Crippen LogP contribution in [-0.4, -0.2) is 49.7 Å². The van der Waals surface area contributed by atoms with Gasteiger partial charge in [0, 0.05) is 10.5 Å². The molecule has 2 rings (SSSR count). The number of nitrogens with two attached hydrogens (primary N) is 1. The molecule has 0 aliphatic heterocycles.